The molecule has 0 bridgehead atoms. The van der Waals surface area contributed by atoms with E-state index in [-0.39, 0.29) is 0 Å². The SMILES string of the molecule is CC1O[C@@H](OC2[C@H](O[C@H]3C(CO)O[C@H](O)C(O)[C@@H]3O)OC(CO)[C@H](O)[C@H]2O)C(O)[C@H](O)[C@@H]1O. The Hall–Kier alpha value is -0.600. The third kappa shape index (κ3) is 5.32. The quantitative estimate of drug-likeness (QED) is 0.167. The minimum Gasteiger partial charge on any atom is -0.394 e. The maximum atomic E-state index is 10.6. The average molecular weight is 488 g/mol. The van der Waals surface area contributed by atoms with Crippen LogP contribution in [0.25, 0.3) is 0 Å². The Labute approximate surface area is 187 Å². The molecule has 0 aliphatic carbocycles. The van der Waals surface area contributed by atoms with Gasteiger partial charge in [-0.05, 0) is 6.92 Å². The minimum atomic E-state index is -1.83. The van der Waals surface area contributed by atoms with Gasteiger partial charge in [0, 0.05) is 0 Å². The predicted molar refractivity (Wildman–Crippen MR) is 99.8 cm³/mol. The van der Waals surface area contributed by atoms with Crippen LogP contribution in [0.5, 0.6) is 0 Å². The van der Waals surface area contributed by atoms with Crippen molar-refractivity contribution in [1.82, 2.24) is 0 Å². The van der Waals surface area contributed by atoms with Crippen molar-refractivity contribution in [3.05, 3.63) is 0 Å². The first-order valence-electron chi connectivity index (χ1n) is 10.4. The highest BCUT2D eigenvalue weighted by atomic mass is 16.8. The molecular formula is C18H32O15. The van der Waals surface area contributed by atoms with E-state index in [1.807, 2.05) is 0 Å². The van der Waals surface area contributed by atoms with Crippen LogP contribution in [0, 0.1) is 0 Å². The van der Waals surface area contributed by atoms with Gasteiger partial charge < -0.3 is 74.7 Å². The van der Waals surface area contributed by atoms with Crippen molar-refractivity contribution >= 4 is 0 Å². The van der Waals surface area contributed by atoms with Crippen LogP contribution in [0.1, 0.15) is 6.92 Å². The van der Waals surface area contributed by atoms with Crippen molar-refractivity contribution in [3.63, 3.8) is 0 Å². The lowest BCUT2D eigenvalue weighted by atomic mass is 9.96. The zero-order valence-corrected chi connectivity index (χ0v) is 17.6. The summed E-state index contributed by atoms with van der Waals surface area (Å²) < 4.78 is 26.9. The lowest BCUT2D eigenvalue weighted by Gasteiger charge is -2.48. The number of rotatable bonds is 6. The minimum absolute atomic E-state index is 0.760. The zero-order valence-electron chi connectivity index (χ0n) is 17.6. The lowest BCUT2D eigenvalue weighted by molar-refractivity contribution is -0.385. The highest BCUT2D eigenvalue weighted by Gasteiger charge is 2.53. The third-order valence-corrected chi connectivity index (χ3v) is 6.05. The van der Waals surface area contributed by atoms with E-state index in [9.17, 15) is 51.1 Å². The summed E-state index contributed by atoms with van der Waals surface area (Å²) in [6.07, 6.45) is -24.1. The summed E-state index contributed by atoms with van der Waals surface area (Å²) in [4.78, 5) is 0. The summed E-state index contributed by atoms with van der Waals surface area (Å²) in [5.74, 6) is 0. The highest BCUT2D eigenvalue weighted by molar-refractivity contribution is 4.95. The van der Waals surface area contributed by atoms with E-state index >= 15 is 0 Å². The van der Waals surface area contributed by atoms with Gasteiger partial charge in [0.25, 0.3) is 0 Å². The van der Waals surface area contributed by atoms with Crippen molar-refractivity contribution in [2.45, 2.75) is 99.0 Å². The van der Waals surface area contributed by atoms with Crippen molar-refractivity contribution in [2.24, 2.45) is 0 Å². The maximum absolute atomic E-state index is 10.6. The van der Waals surface area contributed by atoms with Crippen LogP contribution in [0.3, 0.4) is 0 Å². The Morgan fingerprint density at radius 1 is 0.545 bits per heavy atom. The zero-order chi connectivity index (χ0) is 24.6. The van der Waals surface area contributed by atoms with E-state index in [2.05, 4.69) is 0 Å². The molecule has 6 unspecified atom stereocenters. The second-order valence-corrected chi connectivity index (χ2v) is 8.32. The summed E-state index contributed by atoms with van der Waals surface area (Å²) in [7, 11) is 0. The summed E-state index contributed by atoms with van der Waals surface area (Å²) in [5, 5.41) is 99.8. The maximum Gasteiger partial charge on any atom is 0.187 e. The molecule has 3 rings (SSSR count). The van der Waals surface area contributed by atoms with Gasteiger partial charge in [0.2, 0.25) is 0 Å². The van der Waals surface area contributed by atoms with Crippen molar-refractivity contribution in [3.8, 4) is 0 Å². The van der Waals surface area contributed by atoms with Crippen molar-refractivity contribution in [1.29, 1.82) is 0 Å². The van der Waals surface area contributed by atoms with Crippen LogP contribution in [-0.2, 0) is 23.7 Å². The molecule has 3 saturated heterocycles. The van der Waals surface area contributed by atoms with E-state index in [1.165, 1.54) is 6.92 Å². The van der Waals surface area contributed by atoms with Crippen LogP contribution < -0.4 is 0 Å². The van der Waals surface area contributed by atoms with Gasteiger partial charge in [0.05, 0.1) is 19.3 Å². The first-order valence-corrected chi connectivity index (χ1v) is 10.4. The second-order valence-electron chi connectivity index (χ2n) is 8.32. The molecule has 194 valence electrons. The Kier molecular flexibility index (Phi) is 8.99. The molecule has 0 aromatic rings. The summed E-state index contributed by atoms with van der Waals surface area (Å²) in [5.41, 5.74) is 0. The molecule has 3 aliphatic heterocycles. The molecular weight excluding hydrogens is 456 g/mol. The Morgan fingerprint density at radius 3 is 1.73 bits per heavy atom. The van der Waals surface area contributed by atoms with Crippen LogP contribution in [0.2, 0.25) is 0 Å². The van der Waals surface area contributed by atoms with E-state index < -0.39 is 105 Å². The monoisotopic (exact) mass is 488 g/mol. The first kappa shape index (κ1) is 27.0. The summed E-state index contributed by atoms with van der Waals surface area (Å²) in [6, 6.07) is 0. The molecule has 15 nitrogen and oxygen atoms in total. The van der Waals surface area contributed by atoms with Gasteiger partial charge in [-0.2, -0.15) is 0 Å². The van der Waals surface area contributed by atoms with Gasteiger partial charge in [-0.25, -0.2) is 0 Å². The molecule has 0 radical (unpaired) electrons. The third-order valence-electron chi connectivity index (χ3n) is 6.05. The smallest absolute Gasteiger partial charge is 0.187 e. The molecule has 3 aliphatic rings. The van der Waals surface area contributed by atoms with Crippen molar-refractivity contribution < 1.29 is 74.7 Å². The molecule has 3 heterocycles. The van der Waals surface area contributed by atoms with Crippen LogP contribution in [0.15, 0.2) is 0 Å². The average Bonchev–Trinajstić information content (AvgIpc) is 2.80. The lowest BCUT2D eigenvalue weighted by Crippen LogP contribution is -2.66. The van der Waals surface area contributed by atoms with Crippen molar-refractivity contribution in [2.75, 3.05) is 13.2 Å². The Balaban J connectivity index is 1.83. The van der Waals surface area contributed by atoms with E-state index in [0.29, 0.717) is 0 Å². The fourth-order valence-electron chi connectivity index (χ4n) is 3.98. The van der Waals surface area contributed by atoms with E-state index in [0.717, 1.165) is 0 Å². The van der Waals surface area contributed by atoms with Gasteiger partial charge in [-0.1, -0.05) is 0 Å². The van der Waals surface area contributed by atoms with E-state index in [4.69, 9.17) is 23.7 Å². The Bertz CT molecular complexity index is 624. The molecule has 33 heavy (non-hydrogen) atoms. The molecule has 0 aromatic carbocycles. The van der Waals surface area contributed by atoms with Crippen LogP contribution in [-0.4, -0.2) is 156 Å². The van der Waals surface area contributed by atoms with Gasteiger partial charge >= 0.3 is 0 Å². The molecule has 10 N–H and O–H groups in total. The van der Waals surface area contributed by atoms with Crippen LogP contribution >= 0.6 is 0 Å². The number of aliphatic hydroxyl groups is 10. The molecule has 3 fully saturated rings. The molecule has 15 heteroatoms. The van der Waals surface area contributed by atoms with Gasteiger partial charge in [0.1, 0.15) is 67.1 Å². The van der Waals surface area contributed by atoms with Gasteiger partial charge in [-0.3, -0.25) is 0 Å². The largest absolute Gasteiger partial charge is 0.394 e. The van der Waals surface area contributed by atoms with E-state index in [1.54, 1.807) is 0 Å². The molecule has 0 spiro atoms. The topological polar surface area (TPSA) is 248 Å². The number of hydrogen-bond acceptors (Lipinski definition) is 15. The normalized spacial score (nSPS) is 53.7. The second kappa shape index (κ2) is 11.0. The molecule has 0 amide bonds. The standard InChI is InChI=1S/C18H32O15/c1-4-7(21)9(23)13(27)17(29-4)33-15-10(24)8(22)5(2-19)31-18(15)32-14-6(3-20)30-16(28)12(26)11(14)25/h4-28H,2-3H2,1H3/t4?,5?,6?,7-,8+,9-,10-,11+,12?,13?,14+,15?,16+,17+,18+/m1/s1. The predicted octanol–water partition coefficient (Wildman–Crippen LogP) is -6.55. The number of aliphatic hydroxyl groups excluding tert-OH is 10. The first-order chi connectivity index (χ1) is 15.5. The molecule has 15 atom stereocenters. The van der Waals surface area contributed by atoms with Gasteiger partial charge in [0.15, 0.2) is 18.9 Å². The number of ether oxygens (including phenoxy) is 5. The Morgan fingerprint density at radius 2 is 1.12 bits per heavy atom. The molecule has 0 aromatic heterocycles. The van der Waals surface area contributed by atoms with Crippen LogP contribution in [0.4, 0.5) is 0 Å². The fourth-order valence-corrected chi connectivity index (χ4v) is 3.98. The fraction of sp³-hybridized carbons (Fsp3) is 1.00. The van der Waals surface area contributed by atoms with Gasteiger partial charge in [-0.15, -0.1) is 0 Å². The summed E-state index contributed by atoms with van der Waals surface area (Å²) in [6.45, 7) is -0.128. The summed E-state index contributed by atoms with van der Waals surface area (Å²) >= 11 is 0. The number of hydrogen-bond donors (Lipinski definition) is 10. The highest BCUT2D eigenvalue weighted by Crippen LogP contribution is 2.32. The molecule has 0 saturated carbocycles.